The average Bonchev–Trinajstić information content (AvgIpc) is 2.36. The van der Waals surface area contributed by atoms with Gasteiger partial charge in [0.05, 0.1) is 17.6 Å². The summed E-state index contributed by atoms with van der Waals surface area (Å²) in [7, 11) is 1.88. The number of aryl methyl sites for hydroxylation is 1. The predicted octanol–water partition coefficient (Wildman–Crippen LogP) is 3.89. The van der Waals surface area contributed by atoms with Crippen molar-refractivity contribution >= 4 is 12.0 Å². The van der Waals surface area contributed by atoms with Crippen LogP contribution in [0.1, 0.15) is 37.8 Å². The maximum Gasteiger partial charge on any atom is 0.267 e. The summed E-state index contributed by atoms with van der Waals surface area (Å²) < 4.78 is 25.5. The van der Waals surface area contributed by atoms with Crippen molar-refractivity contribution in [3.63, 3.8) is 0 Å². The van der Waals surface area contributed by atoms with Crippen molar-refractivity contribution in [1.29, 1.82) is 0 Å². The molecule has 0 heterocycles. The molecule has 1 aromatic carbocycles. The summed E-state index contributed by atoms with van der Waals surface area (Å²) in [6, 6.07) is 2.63. The zero-order valence-corrected chi connectivity index (χ0v) is 11.5. The molecule has 0 bridgehead atoms. The van der Waals surface area contributed by atoms with E-state index in [4.69, 9.17) is 0 Å². The predicted molar refractivity (Wildman–Crippen MR) is 73.5 cm³/mol. The first-order valence-electron chi connectivity index (χ1n) is 6.37. The fraction of sp³-hybridized carbons (Fsp3) is 0.500. The van der Waals surface area contributed by atoms with E-state index in [2.05, 4.69) is 11.9 Å². The topological polar surface area (TPSA) is 35.8 Å². The van der Waals surface area contributed by atoms with Crippen LogP contribution in [0.5, 0.6) is 5.75 Å². The molecule has 0 saturated heterocycles. The van der Waals surface area contributed by atoms with Crippen LogP contribution in [0.3, 0.4) is 0 Å². The monoisotopic (exact) mass is 270 g/mol. The van der Waals surface area contributed by atoms with Crippen molar-refractivity contribution < 1.29 is 13.9 Å². The number of rotatable bonds is 6. The summed E-state index contributed by atoms with van der Waals surface area (Å²) in [5.74, 6) is -0.368. The molecule has 19 heavy (non-hydrogen) atoms. The Hall–Kier alpha value is -1.65. The fourth-order valence-electron chi connectivity index (χ4n) is 1.79. The zero-order chi connectivity index (χ0) is 14.4. The Morgan fingerprint density at radius 2 is 2.05 bits per heavy atom. The van der Waals surface area contributed by atoms with E-state index >= 15 is 0 Å². The molecule has 0 atom stereocenters. The van der Waals surface area contributed by atoms with Crippen molar-refractivity contribution in [3.8, 4) is 5.75 Å². The quantitative estimate of drug-likeness (QED) is 0.628. The Morgan fingerprint density at radius 3 is 2.58 bits per heavy atom. The van der Waals surface area contributed by atoms with Gasteiger partial charge in [-0.05, 0) is 30.5 Å². The van der Waals surface area contributed by atoms with E-state index in [9.17, 15) is 13.9 Å². The second-order valence-electron chi connectivity index (χ2n) is 4.42. The summed E-state index contributed by atoms with van der Waals surface area (Å²) in [5.41, 5.74) is 0.865. The Balaban J connectivity index is 3.07. The van der Waals surface area contributed by atoms with Gasteiger partial charge >= 0.3 is 0 Å². The van der Waals surface area contributed by atoms with E-state index in [-0.39, 0.29) is 11.3 Å². The number of hydrogen-bond donors (Lipinski definition) is 1. The molecular weight excluding hydrogens is 250 g/mol. The molecule has 0 aromatic heterocycles. The Kier molecular flexibility index (Phi) is 5.73. The highest BCUT2D eigenvalue weighted by Gasteiger charge is 2.15. The van der Waals surface area contributed by atoms with Gasteiger partial charge in [0.2, 0.25) is 0 Å². The molecule has 0 radical (unpaired) electrons. The normalized spacial score (nSPS) is 11.5. The van der Waals surface area contributed by atoms with Gasteiger partial charge in [0, 0.05) is 13.6 Å². The third-order valence-corrected chi connectivity index (χ3v) is 2.81. The number of phenolic OH excluding ortho intramolecular Hbond substituents is 1. The lowest BCUT2D eigenvalue weighted by Crippen LogP contribution is -2.16. The largest absolute Gasteiger partial charge is 0.507 e. The Morgan fingerprint density at radius 1 is 1.37 bits per heavy atom. The van der Waals surface area contributed by atoms with Crippen LogP contribution in [0.2, 0.25) is 0 Å². The van der Waals surface area contributed by atoms with Crippen LogP contribution in [0.15, 0.2) is 17.1 Å². The first kappa shape index (κ1) is 15.4. The fourth-order valence-corrected chi connectivity index (χ4v) is 1.79. The summed E-state index contributed by atoms with van der Waals surface area (Å²) in [6.07, 6.45) is 0.542. The zero-order valence-electron chi connectivity index (χ0n) is 11.5. The van der Waals surface area contributed by atoms with Crippen LogP contribution in [-0.4, -0.2) is 29.9 Å². The van der Waals surface area contributed by atoms with Crippen molar-refractivity contribution in [3.05, 3.63) is 23.3 Å². The van der Waals surface area contributed by atoms with E-state index in [0.29, 0.717) is 12.1 Å². The molecule has 106 valence electrons. The molecule has 5 heteroatoms. The number of phenols is 1. The second kappa shape index (κ2) is 7.07. The molecule has 0 saturated carbocycles. The lowest BCUT2D eigenvalue weighted by Gasteiger charge is -2.12. The standard InChI is InChI=1S/C14H20F2N2O/c1-4-6-18(3)9-17-12-8-11(14(15)16)13(19)7-10(12)5-2/h7-9,14,19H,4-6H2,1-3H3. The van der Waals surface area contributed by atoms with Gasteiger partial charge < -0.3 is 10.0 Å². The molecule has 0 spiro atoms. The third kappa shape index (κ3) is 4.19. The van der Waals surface area contributed by atoms with E-state index in [0.717, 1.165) is 18.5 Å². The van der Waals surface area contributed by atoms with Gasteiger partial charge in [-0.3, -0.25) is 0 Å². The molecule has 0 amide bonds. The molecule has 3 nitrogen and oxygen atoms in total. The molecule has 1 rings (SSSR count). The Bertz CT molecular complexity index is 447. The first-order chi connectivity index (χ1) is 8.99. The van der Waals surface area contributed by atoms with Gasteiger partial charge in [-0.25, -0.2) is 13.8 Å². The van der Waals surface area contributed by atoms with Crippen molar-refractivity contribution in [1.82, 2.24) is 4.90 Å². The molecule has 1 aromatic rings. The number of aliphatic imine (C=N–C) groups is 1. The molecule has 0 aliphatic rings. The summed E-state index contributed by atoms with van der Waals surface area (Å²) >= 11 is 0. The summed E-state index contributed by atoms with van der Waals surface area (Å²) in [4.78, 5) is 6.13. The highest BCUT2D eigenvalue weighted by Crippen LogP contribution is 2.34. The maximum absolute atomic E-state index is 12.7. The van der Waals surface area contributed by atoms with Gasteiger partial charge in [-0.15, -0.1) is 0 Å². The van der Waals surface area contributed by atoms with Gasteiger partial charge in [0.25, 0.3) is 6.43 Å². The third-order valence-electron chi connectivity index (χ3n) is 2.81. The van der Waals surface area contributed by atoms with Crippen LogP contribution in [0.4, 0.5) is 14.5 Å². The van der Waals surface area contributed by atoms with Gasteiger partial charge in [-0.2, -0.15) is 0 Å². The highest BCUT2D eigenvalue weighted by atomic mass is 19.3. The maximum atomic E-state index is 12.7. The molecule has 0 aliphatic carbocycles. The minimum Gasteiger partial charge on any atom is -0.507 e. The minimum atomic E-state index is -2.70. The first-order valence-corrected chi connectivity index (χ1v) is 6.37. The van der Waals surface area contributed by atoms with Crippen LogP contribution in [0, 0.1) is 0 Å². The number of nitrogens with zero attached hydrogens (tertiary/aromatic N) is 2. The molecule has 0 aliphatic heterocycles. The number of alkyl halides is 2. The average molecular weight is 270 g/mol. The van der Waals surface area contributed by atoms with Crippen LogP contribution in [-0.2, 0) is 6.42 Å². The minimum absolute atomic E-state index is 0.368. The number of hydrogen-bond acceptors (Lipinski definition) is 2. The number of halogens is 2. The van der Waals surface area contributed by atoms with E-state index in [1.54, 1.807) is 6.34 Å². The van der Waals surface area contributed by atoms with Crippen LogP contribution < -0.4 is 0 Å². The van der Waals surface area contributed by atoms with Crippen molar-refractivity contribution in [2.75, 3.05) is 13.6 Å². The molecule has 1 N–H and O–H groups in total. The van der Waals surface area contributed by atoms with Crippen molar-refractivity contribution in [2.45, 2.75) is 33.1 Å². The van der Waals surface area contributed by atoms with Gasteiger partial charge in [0.1, 0.15) is 5.75 Å². The van der Waals surface area contributed by atoms with Crippen LogP contribution in [0.25, 0.3) is 0 Å². The van der Waals surface area contributed by atoms with E-state index in [1.165, 1.54) is 12.1 Å². The van der Waals surface area contributed by atoms with Crippen LogP contribution >= 0.6 is 0 Å². The van der Waals surface area contributed by atoms with E-state index < -0.39 is 6.43 Å². The highest BCUT2D eigenvalue weighted by molar-refractivity contribution is 5.65. The SMILES string of the molecule is CCCN(C)C=Nc1cc(C(F)F)c(O)cc1CC. The number of aromatic hydroxyl groups is 1. The molecular formula is C14H20F2N2O. The lowest BCUT2D eigenvalue weighted by atomic mass is 10.1. The van der Waals surface area contributed by atoms with Gasteiger partial charge in [-0.1, -0.05) is 13.8 Å². The summed E-state index contributed by atoms with van der Waals surface area (Å²) in [6.45, 7) is 4.80. The van der Waals surface area contributed by atoms with Crippen molar-refractivity contribution in [2.24, 2.45) is 4.99 Å². The summed E-state index contributed by atoms with van der Waals surface area (Å²) in [5, 5.41) is 9.54. The smallest absolute Gasteiger partial charge is 0.267 e. The number of benzene rings is 1. The Labute approximate surface area is 112 Å². The van der Waals surface area contributed by atoms with Gasteiger partial charge in [0.15, 0.2) is 0 Å². The lowest BCUT2D eigenvalue weighted by molar-refractivity contribution is 0.147. The second-order valence-corrected chi connectivity index (χ2v) is 4.42. The molecule has 0 fully saturated rings. The molecule has 0 unspecified atom stereocenters. The van der Waals surface area contributed by atoms with E-state index in [1.807, 2.05) is 18.9 Å².